The van der Waals surface area contributed by atoms with Crippen molar-refractivity contribution in [1.29, 1.82) is 0 Å². The van der Waals surface area contributed by atoms with Gasteiger partial charge in [0, 0.05) is 31.0 Å². The highest BCUT2D eigenvalue weighted by molar-refractivity contribution is 7.07. The van der Waals surface area contributed by atoms with Gasteiger partial charge in [-0.2, -0.15) is 9.36 Å². The third-order valence-corrected chi connectivity index (χ3v) is 7.13. The van der Waals surface area contributed by atoms with Crippen molar-refractivity contribution in [3.05, 3.63) is 143 Å². The standard InChI is InChI=1S/C33H31N3O2S/c1-25-12-14-27(15-13-25)22-31-34-33(39-35-31)38-30-18-16-28(17-19-30)23-32(37)36(24-29-10-6-3-7-11-29)21-20-26-8-4-2-5-9-26/h2-19H,20-24H2,1H3. The van der Waals surface area contributed by atoms with Crippen LogP contribution in [0.4, 0.5) is 0 Å². The van der Waals surface area contributed by atoms with Crippen LogP contribution in [0.15, 0.2) is 109 Å². The zero-order valence-corrected chi connectivity index (χ0v) is 22.8. The van der Waals surface area contributed by atoms with Crippen molar-refractivity contribution in [2.24, 2.45) is 0 Å². The monoisotopic (exact) mass is 533 g/mol. The van der Waals surface area contributed by atoms with Gasteiger partial charge < -0.3 is 9.64 Å². The third-order valence-electron chi connectivity index (χ3n) is 6.50. The molecule has 0 aliphatic rings. The molecule has 0 fully saturated rings. The van der Waals surface area contributed by atoms with Crippen molar-refractivity contribution in [2.45, 2.75) is 32.7 Å². The third kappa shape index (κ3) is 7.85. The van der Waals surface area contributed by atoms with Gasteiger partial charge in [-0.25, -0.2) is 0 Å². The summed E-state index contributed by atoms with van der Waals surface area (Å²) in [5.41, 5.74) is 5.70. The highest BCUT2D eigenvalue weighted by Crippen LogP contribution is 2.24. The van der Waals surface area contributed by atoms with E-state index in [1.165, 1.54) is 28.2 Å². The number of hydrogen-bond donors (Lipinski definition) is 0. The fourth-order valence-electron chi connectivity index (χ4n) is 4.31. The largest absolute Gasteiger partial charge is 0.430 e. The molecule has 0 aliphatic carbocycles. The van der Waals surface area contributed by atoms with Crippen LogP contribution in [0.5, 0.6) is 10.9 Å². The van der Waals surface area contributed by atoms with Crippen molar-refractivity contribution < 1.29 is 9.53 Å². The summed E-state index contributed by atoms with van der Waals surface area (Å²) in [5.74, 6) is 1.53. The van der Waals surface area contributed by atoms with Crippen LogP contribution in [-0.4, -0.2) is 26.7 Å². The first-order valence-corrected chi connectivity index (χ1v) is 13.9. The number of rotatable bonds is 11. The summed E-state index contributed by atoms with van der Waals surface area (Å²) >= 11 is 1.25. The van der Waals surface area contributed by atoms with E-state index >= 15 is 0 Å². The molecule has 0 atom stereocenters. The van der Waals surface area contributed by atoms with E-state index in [4.69, 9.17) is 4.74 Å². The van der Waals surface area contributed by atoms with Crippen LogP contribution in [-0.2, 0) is 30.6 Å². The van der Waals surface area contributed by atoms with Crippen LogP contribution < -0.4 is 4.74 Å². The molecule has 0 aliphatic heterocycles. The SMILES string of the molecule is Cc1ccc(Cc2nsc(Oc3ccc(CC(=O)N(CCc4ccccc4)Cc4ccccc4)cc3)n2)cc1. The molecule has 1 aromatic heterocycles. The second-order valence-electron chi connectivity index (χ2n) is 9.60. The average molecular weight is 534 g/mol. The quantitative estimate of drug-likeness (QED) is 0.183. The smallest absolute Gasteiger partial charge is 0.298 e. The fraction of sp³-hybridized carbons (Fsp3) is 0.182. The van der Waals surface area contributed by atoms with E-state index in [1.807, 2.05) is 65.6 Å². The predicted octanol–water partition coefficient (Wildman–Crippen LogP) is 7.04. The molecule has 0 saturated carbocycles. The topological polar surface area (TPSA) is 55.3 Å². The predicted molar refractivity (Wildman–Crippen MR) is 156 cm³/mol. The summed E-state index contributed by atoms with van der Waals surface area (Å²) in [4.78, 5) is 19.8. The van der Waals surface area contributed by atoms with Gasteiger partial charge in [-0.1, -0.05) is 103 Å². The van der Waals surface area contributed by atoms with Gasteiger partial charge in [0.15, 0.2) is 5.82 Å². The van der Waals surface area contributed by atoms with Gasteiger partial charge in [0.05, 0.1) is 6.42 Å². The van der Waals surface area contributed by atoms with E-state index in [2.05, 4.69) is 64.8 Å². The van der Waals surface area contributed by atoms with E-state index in [-0.39, 0.29) is 5.91 Å². The van der Waals surface area contributed by atoms with Gasteiger partial charge in [0.2, 0.25) is 5.91 Å². The van der Waals surface area contributed by atoms with Crippen molar-refractivity contribution in [1.82, 2.24) is 14.3 Å². The maximum Gasteiger partial charge on any atom is 0.298 e. The molecule has 4 aromatic carbocycles. The zero-order valence-electron chi connectivity index (χ0n) is 22.0. The van der Waals surface area contributed by atoms with Crippen LogP contribution in [0.2, 0.25) is 0 Å². The Labute approximate surface area is 233 Å². The Kier molecular flexibility index (Phi) is 8.76. The Bertz CT molecular complexity index is 1470. The van der Waals surface area contributed by atoms with Crippen LogP contribution in [0.3, 0.4) is 0 Å². The molecule has 5 nitrogen and oxygen atoms in total. The number of carbonyl (C=O) groups is 1. The first-order valence-electron chi connectivity index (χ1n) is 13.1. The number of hydrogen-bond acceptors (Lipinski definition) is 5. The summed E-state index contributed by atoms with van der Waals surface area (Å²) in [7, 11) is 0. The molecule has 0 radical (unpaired) electrons. The minimum atomic E-state index is 0.105. The molecule has 1 amide bonds. The molecule has 5 aromatic rings. The van der Waals surface area contributed by atoms with E-state index in [0.29, 0.717) is 36.9 Å². The maximum atomic E-state index is 13.4. The lowest BCUT2D eigenvalue weighted by Gasteiger charge is -2.23. The summed E-state index contributed by atoms with van der Waals surface area (Å²) in [6.45, 7) is 3.33. The molecule has 0 saturated heterocycles. The lowest BCUT2D eigenvalue weighted by atomic mass is 10.1. The minimum Gasteiger partial charge on any atom is -0.430 e. The normalized spacial score (nSPS) is 10.8. The van der Waals surface area contributed by atoms with Gasteiger partial charge >= 0.3 is 0 Å². The molecule has 0 unspecified atom stereocenters. The number of aromatic nitrogens is 2. The second-order valence-corrected chi connectivity index (χ2v) is 10.3. The summed E-state index contributed by atoms with van der Waals surface area (Å²) < 4.78 is 10.4. The number of benzene rings is 4. The van der Waals surface area contributed by atoms with Gasteiger partial charge in [0.25, 0.3) is 5.19 Å². The number of nitrogens with zero attached hydrogens (tertiary/aromatic N) is 3. The van der Waals surface area contributed by atoms with E-state index in [0.717, 1.165) is 23.4 Å². The van der Waals surface area contributed by atoms with Crippen LogP contribution in [0, 0.1) is 6.92 Å². The molecule has 0 spiro atoms. The van der Waals surface area contributed by atoms with Crippen molar-refractivity contribution >= 4 is 17.4 Å². The van der Waals surface area contributed by atoms with Gasteiger partial charge in [0.1, 0.15) is 5.75 Å². The van der Waals surface area contributed by atoms with Crippen LogP contribution in [0.25, 0.3) is 0 Å². The summed E-state index contributed by atoms with van der Waals surface area (Å²) in [5, 5.41) is 0.510. The van der Waals surface area contributed by atoms with Gasteiger partial charge in [-0.15, -0.1) is 0 Å². The Morgan fingerprint density at radius 1 is 0.769 bits per heavy atom. The highest BCUT2D eigenvalue weighted by atomic mass is 32.1. The molecule has 39 heavy (non-hydrogen) atoms. The molecular formula is C33H31N3O2S. The lowest BCUT2D eigenvalue weighted by molar-refractivity contribution is -0.131. The number of amides is 1. The zero-order chi connectivity index (χ0) is 26.9. The Balaban J connectivity index is 1.19. The maximum absolute atomic E-state index is 13.4. The van der Waals surface area contributed by atoms with Crippen molar-refractivity contribution in [3.8, 4) is 10.9 Å². The molecule has 6 heteroatoms. The van der Waals surface area contributed by atoms with Gasteiger partial charge in [-0.05, 0) is 47.7 Å². The summed E-state index contributed by atoms with van der Waals surface area (Å²) in [6, 6.07) is 36.5. The van der Waals surface area contributed by atoms with Crippen LogP contribution in [0.1, 0.15) is 33.6 Å². The fourth-order valence-corrected chi connectivity index (χ4v) is 4.88. The molecule has 0 N–H and O–H groups in total. The van der Waals surface area contributed by atoms with E-state index in [1.54, 1.807) is 0 Å². The van der Waals surface area contributed by atoms with E-state index < -0.39 is 0 Å². The lowest BCUT2D eigenvalue weighted by Crippen LogP contribution is -2.33. The van der Waals surface area contributed by atoms with Gasteiger partial charge in [-0.3, -0.25) is 4.79 Å². The highest BCUT2D eigenvalue weighted by Gasteiger charge is 2.15. The Morgan fingerprint density at radius 3 is 2.10 bits per heavy atom. The van der Waals surface area contributed by atoms with E-state index in [9.17, 15) is 4.79 Å². The molecule has 5 rings (SSSR count). The number of ether oxygens (including phenoxy) is 1. The molecule has 196 valence electrons. The van der Waals surface area contributed by atoms with Crippen molar-refractivity contribution in [2.75, 3.05) is 6.54 Å². The molecular weight excluding hydrogens is 502 g/mol. The van der Waals surface area contributed by atoms with Crippen molar-refractivity contribution in [3.63, 3.8) is 0 Å². The molecule has 1 heterocycles. The Hall–Kier alpha value is -4.29. The Morgan fingerprint density at radius 2 is 1.41 bits per heavy atom. The summed E-state index contributed by atoms with van der Waals surface area (Å²) in [6.07, 6.45) is 1.83. The minimum absolute atomic E-state index is 0.105. The number of carbonyl (C=O) groups excluding carboxylic acids is 1. The number of aryl methyl sites for hydroxylation is 1. The molecule has 0 bridgehead atoms. The average Bonchev–Trinajstić information content (AvgIpc) is 3.41. The first-order chi connectivity index (χ1) is 19.1. The van der Waals surface area contributed by atoms with Crippen LogP contribution >= 0.6 is 11.5 Å². The second kappa shape index (κ2) is 13.0. The first kappa shape index (κ1) is 26.3.